The molecule has 0 spiro atoms. The van der Waals surface area contributed by atoms with Crippen molar-refractivity contribution in [3.63, 3.8) is 0 Å². The molecule has 0 radical (unpaired) electrons. The topological polar surface area (TPSA) is 94.2 Å². The number of carbonyl (C=O) groups excluding carboxylic acids is 3. The molecule has 3 atom stereocenters. The van der Waals surface area contributed by atoms with Crippen LogP contribution >= 0.6 is 0 Å². The van der Waals surface area contributed by atoms with Gasteiger partial charge in [0.2, 0.25) is 5.91 Å². The van der Waals surface area contributed by atoms with Crippen molar-refractivity contribution in [2.45, 2.75) is 75.8 Å². The van der Waals surface area contributed by atoms with Gasteiger partial charge in [0.25, 0.3) is 0 Å². The maximum absolute atomic E-state index is 13.1. The van der Waals surface area contributed by atoms with Crippen LogP contribution in [0.2, 0.25) is 0 Å². The Hall–Kier alpha value is -3.86. The fourth-order valence-electron chi connectivity index (χ4n) is 6.89. The summed E-state index contributed by atoms with van der Waals surface area (Å²) in [5.41, 5.74) is -0.268. The minimum atomic E-state index is -4.82. The lowest BCUT2D eigenvalue weighted by molar-refractivity contribution is -0.274. The van der Waals surface area contributed by atoms with E-state index in [1.54, 1.807) is 12.1 Å². The highest BCUT2D eigenvalue weighted by atomic mass is 19.4. The SMILES string of the molecule is CC(=O)Oc1cccc(C23CCN(CC4CC4)CC2(OC(C)=O)CCC(NC(=O)C=Cc2cccc(OC(F)(F)F)c2)C3)c1. The second kappa shape index (κ2) is 12.6. The monoisotopic (exact) mass is 614 g/mol. The van der Waals surface area contributed by atoms with E-state index in [1.807, 2.05) is 18.2 Å². The van der Waals surface area contributed by atoms with Crippen LogP contribution in [0.1, 0.15) is 63.5 Å². The fraction of sp³-hybridized carbons (Fsp3) is 0.485. The number of nitrogens with one attached hydrogen (secondary N) is 1. The molecule has 2 aromatic rings. The molecule has 2 aliphatic carbocycles. The number of rotatable bonds is 9. The van der Waals surface area contributed by atoms with Gasteiger partial charge in [0.1, 0.15) is 17.1 Å². The smallest absolute Gasteiger partial charge is 0.457 e. The zero-order valence-corrected chi connectivity index (χ0v) is 24.8. The molecule has 1 aliphatic heterocycles. The molecule has 1 saturated heterocycles. The number of esters is 2. The van der Waals surface area contributed by atoms with Gasteiger partial charge in [-0.1, -0.05) is 24.3 Å². The Morgan fingerprint density at radius 3 is 2.45 bits per heavy atom. The van der Waals surface area contributed by atoms with Crippen molar-refractivity contribution >= 4 is 23.9 Å². The third-order valence-electron chi connectivity index (χ3n) is 8.76. The molecule has 1 amide bonds. The van der Waals surface area contributed by atoms with Crippen LogP contribution in [-0.4, -0.2) is 60.4 Å². The molecule has 236 valence electrons. The predicted octanol–water partition coefficient (Wildman–Crippen LogP) is 5.55. The van der Waals surface area contributed by atoms with E-state index in [2.05, 4.69) is 15.0 Å². The number of benzene rings is 2. The van der Waals surface area contributed by atoms with E-state index in [1.165, 1.54) is 57.0 Å². The molecule has 44 heavy (non-hydrogen) atoms. The zero-order valence-electron chi connectivity index (χ0n) is 24.8. The lowest BCUT2D eigenvalue weighted by atomic mass is 9.55. The molecule has 1 N–H and O–H groups in total. The maximum atomic E-state index is 13.1. The van der Waals surface area contributed by atoms with Gasteiger partial charge in [0.05, 0.1) is 0 Å². The molecule has 2 aromatic carbocycles. The molecule has 5 rings (SSSR count). The molecule has 2 saturated carbocycles. The quantitative estimate of drug-likeness (QED) is 0.225. The lowest BCUT2D eigenvalue weighted by Crippen LogP contribution is -2.68. The van der Waals surface area contributed by atoms with E-state index in [-0.39, 0.29) is 17.8 Å². The van der Waals surface area contributed by atoms with Crippen molar-refractivity contribution in [2.75, 3.05) is 19.6 Å². The first kappa shape index (κ1) is 31.6. The first-order chi connectivity index (χ1) is 20.8. The van der Waals surface area contributed by atoms with Gasteiger partial charge in [-0.15, -0.1) is 13.2 Å². The molecule has 1 heterocycles. The van der Waals surface area contributed by atoms with Crippen LogP contribution in [0.5, 0.6) is 11.5 Å². The minimum Gasteiger partial charge on any atom is -0.457 e. The van der Waals surface area contributed by atoms with E-state index >= 15 is 0 Å². The van der Waals surface area contributed by atoms with Gasteiger partial charge in [0.15, 0.2) is 0 Å². The minimum absolute atomic E-state index is 0.275. The summed E-state index contributed by atoms with van der Waals surface area (Å²) in [5, 5.41) is 3.06. The van der Waals surface area contributed by atoms with Gasteiger partial charge in [-0.25, -0.2) is 0 Å². The van der Waals surface area contributed by atoms with Crippen molar-refractivity contribution in [1.82, 2.24) is 10.2 Å². The molecular formula is C33H37F3N2O6. The largest absolute Gasteiger partial charge is 0.573 e. The number of amides is 1. The van der Waals surface area contributed by atoms with Crippen LogP contribution in [0, 0.1) is 5.92 Å². The lowest BCUT2D eigenvalue weighted by Gasteiger charge is -2.59. The van der Waals surface area contributed by atoms with Crippen LogP contribution in [0.3, 0.4) is 0 Å². The number of nitrogens with zero attached hydrogens (tertiary/aromatic N) is 1. The third kappa shape index (κ3) is 7.61. The summed E-state index contributed by atoms with van der Waals surface area (Å²) in [6.45, 7) is 5.06. The summed E-state index contributed by atoms with van der Waals surface area (Å²) in [6, 6.07) is 12.4. The molecule has 3 fully saturated rings. The number of likely N-dealkylation sites (tertiary alicyclic amines) is 1. The Balaban J connectivity index is 1.40. The van der Waals surface area contributed by atoms with E-state index in [4.69, 9.17) is 9.47 Å². The van der Waals surface area contributed by atoms with Crippen LogP contribution in [0.4, 0.5) is 13.2 Å². The molecule has 11 heteroatoms. The summed E-state index contributed by atoms with van der Waals surface area (Å²) in [6.07, 6.45) is 2.53. The summed E-state index contributed by atoms with van der Waals surface area (Å²) in [7, 11) is 0. The number of halogens is 3. The molecule has 3 aliphatic rings. The fourth-order valence-corrected chi connectivity index (χ4v) is 6.89. The van der Waals surface area contributed by atoms with Gasteiger partial charge in [0, 0.05) is 44.5 Å². The highest BCUT2D eigenvalue weighted by Crippen LogP contribution is 2.54. The number of piperidine rings is 1. The van der Waals surface area contributed by atoms with Gasteiger partial charge >= 0.3 is 18.3 Å². The highest BCUT2D eigenvalue weighted by Gasteiger charge is 2.61. The van der Waals surface area contributed by atoms with Gasteiger partial charge < -0.3 is 19.5 Å². The number of hydrogen-bond acceptors (Lipinski definition) is 7. The van der Waals surface area contributed by atoms with E-state index in [0.717, 1.165) is 18.7 Å². The Morgan fingerprint density at radius 1 is 1.00 bits per heavy atom. The standard InChI is InChI=1S/C33H37F3N2O6/c1-22(39)42-28-7-4-6-26(18-28)31-15-16-38(20-25-9-10-25)21-32(31,43-23(2)40)14-13-27(19-31)37-30(41)12-11-24-5-3-8-29(17-24)44-33(34,35)36/h3-8,11-12,17-18,25,27H,9-10,13-16,19-21H2,1-2H3,(H,37,41). The van der Waals surface area contributed by atoms with E-state index < -0.39 is 29.3 Å². The van der Waals surface area contributed by atoms with Crippen molar-refractivity contribution in [3.05, 3.63) is 65.7 Å². The van der Waals surface area contributed by atoms with E-state index in [0.29, 0.717) is 49.5 Å². The van der Waals surface area contributed by atoms with Gasteiger partial charge in [-0.05, 0) is 92.5 Å². The molecular weight excluding hydrogens is 577 g/mol. The molecule has 0 aromatic heterocycles. The van der Waals surface area contributed by atoms with Crippen LogP contribution in [0.25, 0.3) is 6.08 Å². The number of fused-ring (bicyclic) bond motifs is 1. The first-order valence-corrected chi connectivity index (χ1v) is 14.9. The summed E-state index contributed by atoms with van der Waals surface area (Å²) < 4.78 is 53.5. The van der Waals surface area contributed by atoms with Crippen LogP contribution in [-0.2, 0) is 24.5 Å². The van der Waals surface area contributed by atoms with Gasteiger partial charge in [-0.3, -0.25) is 19.3 Å². The van der Waals surface area contributed by atoms with Crippen molar-refractivity contribution < 1.29 is 41.8 Å². The zero-order chi connectivity index (χ0) is 31.5. The summed E-state index contributed by atoms with van der Waals surface area (Å²) in [4.78, 5) is 39.8. The normalized spacial score (nSPS) is 25.6. The Bertz CT molecular complexity index is 1420. The number of carbonyl (C=O) groups is 3. The van der Waals surface area contributed by atoms with Crippen LogP contribution in [0.15, 0.2) is 54.6 Å². The van der Waals surface area contributed by atoms with Crippen molar-refractivity contribution in [3.8, 4) is 11.5 Å². The first-order valence-electron chi connectivity index (χ1n) is 14.9. The molecule has 3 unspecified atom stereocenters. The van der Waals surface area contributed by atoms with Crippen LogP contribution < -0.4 is 14.8 Å². The Kier molecular flexibility index (Phi) is 9.06. The molecule has 8 nitrogen and oxygen atoms in total. The maximum Gasteiger partial charge on any atom is 0.573 e. The second-order valence-electron chi connectivity index (χ2n) is 12.1. The predicted molar refractivity (Wildman–Crippen MR) is 156 cm³/mol. The van der Waals surface area contributed by atoms with E-state index in [9.17, 15) is 27.6 Å². The molecule has 0 bridgehead atoms. The van der Waals surface area contributed by atoms with Crippen molar-refractivity contribution in [2.24, 2.45) is 5.92 Å². The Labute approximate surface area is 254 Å². The summed E-state index contributed by atoms with van der Waals surface area (Å²) >= 11 is 0. The third-order valence-corrected chi connectivity index (χ3v) is 8.76. The number of hydrogen-bond donors (Lipinski definition) is 1. The van der Waals surface area contributed by atoms with Gasteiger partial charge in [-0.2, -0.15) is 0 Å². The average molecular weight is 615 g/mol. The number of alkyl halides is 3. The van der Waals surface area contributed by atoms with Crippen molar-refractivity contribution in [1.29, 1.82) is 0 Å². The number of ether oxygens (including phenoxy) is 3. The summed E-state index contributed by atoms with van der Waals surface area (Å²) in [5.74, 6) is -0.533. The second-order valence-corrected chi connectivity index (χ2v) is 12.1. The average Bonchev–Trinajstić information content (AvgIpc) is 3.75. The Morgan fingerprint density at radius 2 is 1.75 bits per heavy atom. The highest BCUT2D eigenvalue weighted by molar-refractivity contribution is 5.92.